The third-order valence-electron chi connectivity index (χ3n) is 4.31. The van der Waals surface area contributed by atoms with Gasteiger partial charge in [-0.15, -0.1) is 0 Å². The normalized spacial score (nSPS) is 13.2. The van der Waals surface area contributed by atoms with Gasteiger partial charge in [0.05, 0.1) is 4.92 Å². The van der Waals surface area contributed by atoms with Crippen molar-refractivity contribution in [2.24, 2.45) is 5.92 Å². The molecule has 0 saturated heterocycles. The van der Waals surface area contributed by atoms with E-state index in [-0.39, 0.29) is 17.2 Å². The lowest BCUT2D eigenvalue weighted by molar-refractivity contribution is -0.383. The molecule has 142 valence electrons. The molecular weight excluding hydrogens is 346 g/mol. The second-order valence-corrected chi connectivity index (χ2v) is 6.61. The number of nitrogens with one attached hydrogen (secondary N) is 2. The van der Waals surface area contributed by atoms with Gasteiger partial charge in [-0.2, -0.15) is 0 Å². The van der Waals surface area contributed by atoms with E-state index in [0.29, 0.717) is 25.3 Å². The standard InChI is InChI=1S/C20H23N3O4/c24-20(21-11-4-12-27-14-15-7-8-15)16-9-10-18(19(13-16)23(25)26)22-17-5-2-1-3-6-17/h1-3,5-6,9-10,13,15,22H,4,7-8,11-12,14H2,(H,21,24). The molecule has 7 heteroatoms. The lowest BCUT2D eigenvalue weighted by Gasteiger charge is -2.09. The van der Waals surface area contributed by atoms with Gasteiger partial charge in [-0.05, 0) is 49.4 Å². The SMILES string of the molecule is O=C(NCCCOCC1CC1)c1ccc(Nc2ccccc2)c([N+](=O)[O-])c1. The van der Waals surface area contributed by atoms with E-state index < -0.39 is 4.92 Å². The zero-order valence-corrected chi connectivity index (χ0v) is 15.0. The molecule has 2 aromatic rings. The topological polar surface area (TPSA) is 93.5 Å². The summed E-state index contributed by atoms with van der Waals surface area (Å²) in [7, 11) is 0. The first-order valence-corrected chi connectivity index (χ1v) is 9.10. The summed E-state index contributed by atoms with van der Waals surface area (Å²) in [5.41, 5.74) is 1.21. The molecule has 1 amide bonds. The van der Waals surface area contributed by atoms with Crippen molar-refractivity contribution in [2.75, 3.05) is 25.1 Å². The van der Waals surface area contributed by atoms with Crippen molar-refractivity contribution in [3.05, 3.63) is 64.2 Å². The van der Waals surface area contributed by atoms with Crippen molar-refractivity contribution in [3.63, 3.8) is 0 Å². The second-order valence-electron chi connectivity index (χ2n) is 6.61. The summed E-state index contributed by atoms with van der Waals surface area (Å²) >= 11 is 0. The van der Waals surface area contributed by atoms with Gasteiger partial charge in [0.2, 0.25) is 0 Å². The molecule has 0 bridgehead atoms. The van der Waals surface area contributed by atoms with Crippen LogP contribution >= 0.6 is 0 Å². The van der Waals surface area contributed by atoms with Gasteiger partial charge in [-0.25, -0.2) is 0 Å². The number of nitro benzene ring substituents is 1. The van der Waals surface area contributed by atoms with Crippen molar-refractivity contribution >= 4 is 23.0 Å². The Morgan fingerprint density at radius 1 is 1.19 bits per heavy atom. The van der Waals surface area contributed by atoms with Crippen LogP contribution < -0.4 is 10.6 Å². The lowest BCUT2D eigenvalue weighted by atomic mass is 10.1. The predicted octanol–water partition coefficient (Wildman–Crippen LogP) is 3.88. The molecule has 0 radical (unpaired) electrons. The van der Waals surface area contributed by atoms with Crippen LogP contribution in [0.1, 0.15) is 29.6 Å². The van der Waals surface area contributed by atoms with Gasteiger partial charge in [0.25, 0.3) is 11.6 Å². The van der Waals surface area contributed by atoms with E-state index in [4.69, 9.17) is 4.74 Å². The fraction of sp³-hybridized carbons (Fsp3) is 0.350. The first kappa shape index (κ1) is 18.8. The summed E-state index contributed by atoms with van der Waals surface area (Å²) in [5.74, 6) is 0.398. The first-order chi connectivity index (χ1) is 13.1. The number of para-hydroxylation sites is 1. The summed E-state index contributed by atoms with van der Waals surface area (Å²) in [6, 6.07) is 13.6. The second kappa shape index (κ2) is 9.14. The molecule has 2 aromatic carbocycles. The van der Waals surface area contributed by atoms with Crippen molar-refractivity contribution in [1.29, 1.82) is 0 Å². The number of nitrogens with zero attached hydrogens (tertiary/aromatic N) is 1. The third kappa shape index (κ3) is 5.79. The molecule has 0 spiro atoms. The van der Waals surface area contributed by atoms with Crippen molar-refractivity contribution in [1.82, 2.24) is 5.32 Å². The quantitative estimate of drug-likeness (QED) is 0.376. The van der Waals surface area contributed by atoms with E-state index in [0.717, 1.165) is 18.2 Å². The molecule has 1 fully saturated rings. The highest BCUT2D eigenvalue weighted by Crippen LogP contribution is 2.29. The maximum Gasteiger partial charge on any atom is 0.293 e. The van der Waals surface area contributed by atoms with E-state index >= 15 is 0 Å². The molecule has 3 rings (SSSR count). The van der Waals surface area contributed by atoms with Crippen molar-refractivity contribution in [3.8, 4) is 0 Å². The number of nitro groups is 1. The highest BCUT2D eigenvalue weighted by atomic mass is 16.6. The molecule has 0 unspecified atom stereocenters. The van der Waals surface area contributed by atoms with Crippen LogP contribution in [0.5, 0.6) is 0 Å². The van der Waals surface area contributed by atoms with Crippen LogP contribution in [0.15, 0.2) is 48.5 Å². The van der Waals surface area contributed by atoms with Crippen LogP contribution in [-0.2, 0) is 4.74 Å². The number of benzene rings is 2. The van der Waals surface area contributed by atoms with E-state index in [1.165, 1.54) is 18.9 Å². The van der Waals surface area contributed by atoms with Gasteiger partial charge in [-0.3, -0.25) is 14.9 Å². The highest BCUT2D eigenvalue weighted by Gasteiger charge is 2.21. The number of ether oxygens (including phenoxy) is 1. The Balaban J connectivity index is 1.55. The minimum absolute atomic E-state index is 0.140. The van der Waals surface area contributed by atoms with Crippen LogP contribution in [0.2, 0.25) is 0 Å². The molecule has 0 aromatic heterocycles. The number of anilines is 2. The average Bonchev–Trinajstić information content (AvgIpc) is 3.49. The maximum absolute atomic E-state index is 12.2. The van der Waals surface area contributed by atoms with Crippen molar-refractivity contribution in [2.45, 2.75) is 19.3 Å². The molecule has 1 saturated carbocycles. The molecule has 0 aliphatic heterocycles. The van der Waals surface area contributed by atoms with Gasteiger partial charge in [0, 0.05) is 37.1 Å². The largest absolute Gasteiger partial charge is 0.381 e. The van der Waals surface area contributed by atoms with E-state index in [9.17, 15) is 14.9 Å². The van der Waals surface area contributed by atoms with Gasteiger partial charge >= 0.3 is 0 Å². The molecule has 27 heavy (non-hydrogen) atoms. The summed E-state index contributed by atoms with van der Waals surface area (Å²) in [4.78, 5) is 23.1. The Morgan fingerprint density at radius 2 is 1.96 bits per heavy atom. The number of amides is 1. The molecule has 1 aliphatic rings. The Bertz CT molecular complexity index is 791. The fourth-order valence-electron chi connectivity index (χ4n) is 2.62. The Labute approximate surface area is 157 Å². The predicted molar refractivity (Wildman–Crippen MR) is 103 cm³/mol. The molecule has 0 heterocycles. The number of hydrogen-bond donors (Lipinski definition) is 2. The van der Waals surface area contributed by atoms with Crippen LogP contribution in [0, 0.1) is 16.0 Å². The Hall–Kier alpha value is -2.93. The third-order valence-corrected chi connectivity index (χ3v) is 4.31. The minimum Gasteiger partial charge on any atom is -0.381 e. The van der Waals surface area contributed by atoms with E-state index in [1.807, 2.05) is 30.3 Å². The minimum atomic E-state index is -0.492. The summed E-state index contributed by atoms with van der Waals surface area (Å²) in [6.45, 7) is 1.88. The van der Waals surface area contributed by atoms with Crippen LogP contribution in [0.4, 0.5) is 17.1 Å². The van der Waals surface area contributed by atoms with Crippen molar-refractivity contribution < 1.29 is 14.5 Å². The Morgan fingerprint density at radius 3 is 2.67 bits per heavy atom. The van der Waals surface area contributed by atoms with Crippen LogP contribution in [0.3, 0.4) is 0 Å². The van der Waals surface area contributed by atoms with E-state index in [1.54, 1.807) is 12.1 Å². The van der Waals surface area contributed by atoms with E-state index in [2.05, 4.69) is 10.6 Å². The molecule has 7 nitrogen and oxygen atoms in total. The van der Waals surface area contributed by atoms with Gasteiger partial charge < -0.3 is 15.4 Å². The maximum atomic E-state index is 12.2. The van der Waals surface area contributed by atoms with Gasteiger partial charge in [0.1, 0.15) is 5.69 Å². The lowest BCUT2D eigenvalue weighted by Crippen LogP contribution is -2.25. The smallest absolute Gasteiger partial charge is 0.293 e. The zero-order chi connectivity index (χ0) is 19.1. The molecule has 1 aliphatic carbocycles. The first-order valence-electron chi connectivity index (χ1n) is 9.10. The highest BCUT2D eigenvalue weighted by molar-refractivity contribution is 5.95. The summed E-state index contributed by atoms with van der Waals surface area (Å²) in [5, 5.41) is 17.2. The van der Waals surface area contributed by atoms with Crippen LogP contribution in [-0.4, -0.2) is 30.6 Å². The number of carbonyl (C=O) groups excluding carboxylic acids is 1. The summed E-state index contributed by atoms with van der Waals surface area (Å²) < 4.78 is 5.52. The number of hydrogen-bond acceptors (Lipinski definition) is 5. The monoisotopic (exact) mass is 369 g/mol. The van der Waals surface area contributed by atoms with Gasteiger partial charge in [-0.1, -0.05) is 18.2 Å². The molecular formula is C20H23N3O4. The molecule has 0 atom stereocenters. The molecule has 2 N–H and O–H groups in total. The van der Waals surface area contributed by atoms with Crippen LogP contribution in [0.25, 0.3) is 0 Å². The number of carbonyl (C=O) groups is 1. The number of rotatable bonds is 10. The Kier molecular flexibility index (Phi) is 6.38. The van der Waals surface area contributed by atoms with Gasteiger partial charge in [0.15, 0.2) is 0 Å². The zero-order valence-electron chi connectivity index (χ0n) is 15.0. The average molecular weight is 369 g/mol. The summed E-state index contributed by atoms with van der Waals surface area (Å²) in [6.07, 6.45) is 3.23. The fourth-order valence-corrected chi connectivity index (χ4v) is 2.62.